The maximum atomic E-state index is 14.3. The largest absolute Gasteiger partial charge is 0.492 e. The average molecular weight is 596 g/mol. The summed E-state index contributed by atoms with van der Waals surface area (Å²) in [5.74, 6) is -0.567. The molecule has 2 unspecified atom stereocenters. The zero-order valence-corrected chi connectivity index (χ0v) is 24.2. The van der Waals surface area contributed by atoms with Crippen LogP contribution in [0.15, 0.2) is 18.2 Å². The van der Waals surface area contributed by atoms with Crippen molar-refractivity contribution in [2.45, 2.75) is 63.5 Å². The molecule has 2 aromatic rings. The summed E-state index contributed by atoms with van der Waals surface area (Å²) >= 11 is 0. The van der Waals surface area contributed by atoms with Crippen LogP contribution in [0, 0.1) is 0 Å². The Bertz CT molecular complexity index is 1340. The number of halogens is 3. The summed E-state index contributed by atoms with van der Waals surface area (Å²) in [6.45, 7) is 9.02. The molecular weight excluding hydrogens is 559 g/mol. The summed E-state index contributed by atoms with van der Waals surface area (Å²) in [6, 6.07) is 3.76. The molecule has 2 atom stereocenters. The van der Waals surface area contributed by atoms with E-state index >= 15 is 0 Å². The molecule has 230 valence electrons. The zero-order chi connectivity index (χ0) is 30.3. The van der Waals surface area contributed by atoms with E-state index in [1.165, 1.54) is 18.1 Å². The fourth-order valence-corrected chi connectivity index (χ4v) is 5.73. The molecule has 0 N–H and O–H groups in total. The lowest BCUT2D eigenvalue weighted by molar-refractivity contribution is -0.146. The van der Waals surface area contributed by atoms with Gasteiger partial charge in [0.25, 0.3) is 0 Å². The quantitative estimate of drug-likeness (QED) is 0.471. The van der Waals surface area contributed by atoms with Gasteiger partial charge in [0.2, 0.25) is 0 Å². The summed E-state index contributed by atoms with van der Waals surface area (Å²) in [4.78, 5) is 33.0. The van der Waals surface area contributed by atoms with Gasteiger partial charge >= 0.3 is 18.2 Å². The van der Waals surface area contributed by atoms with Crippen LogP contribution in [-0.4, -0.2) is 97.2 Å². The Kier molecular flexibility index (Phi) is 8.18. The van der Waals surface area contributed by atoms with E-state index in [2.05, 4.69) is 9.88 Å². The lowest BCUT2D eigenvalue weighted by atomic mass is 9.87. The third-order valence-electron chi connectivity index (χ3n) is 7.71. The minimum Gasteiger partial charge on any atom is -0.492 e. The third-order valence-corrected chi connectivity index (χ3v) is 7.71. The minimum atomic E-state index is -4.80. The summed E-state index contributed by atoms with van der Waals surface area (Å²) in [7, 11) is 1.19. The van der Waals surface area contributed by atoms with Crippen LogP contribution in [0.25, 0.3) is 10.9 Å². The van der Waals surface area contributed by atoms with Crippen LogP contribution in [0.1, 0.15) is 44.9 Å². The van der Waals surface area contributed by atoms with Crippen LogP contribution in [0.3, 0.4) is 0 Å². The number of nitrogens with zero attached hydrogens (tertiary/aromatic N) is 3. The van der Waals surface area contributed by atoms with E-state index in [1.54, 1.807) is 32.9 Å². The van der Waals surface area contributed by atoms with Gasteiger partial charge < -0.3 is 23.7 Å². The van der Waals surface area contributed by atoms with Gasteiger partial charge in [0.05, 0.1) is 32.4 Å². The van der Waals surface area contributed by atoms with Crippen LogP contribution < -0.4 is 9.47 Å². The van der Waals surface area contributed by atoms with Crippen molar-refractivity contribution in [1.29, 1.82) is 0 Å². The predicted octanol–water partition coefficient (Wildman–Crippen LogP) is 4.21. The number of carbonyl (C=O) groups excluding carboxylic acids is 2. The SMILES string of the molecule is COC(=O)C1CC2(CCc3c(c(C(F)(F)F)nc4ccc(OCCN5CCOCC5)cc34)O2)CN1C(=O)OC(C)(C)C. The number of morpholine rings is 1. The molecule has 10 nitrogen and oxygen atoms in total. The molecular formula is C29H36F3N3O7. The van der Waals surface area contributed by atoms with Crippen molar-refractivity contribution in [1.82, 2.24) is 14.8 Å². The molecule has 0 radical (unpaired) electrons. The van der Waals surface area contributed by atoms with E-state index in [1.807, 2.05) is 0 Å². The van der Waals surface area contributed by atoms with Crippen LogP contribution in [0.5, 0.6) is 11.5 Å². The van der Waals surface area contributed by atoms with E-state index in [4.69, 9.17) is 23.7 Å². The van der Waals surface area contributed by atoms with Gasteiger partial charge in [0.1, 0.15) is 29.6 Å². The molecule has 2 fully saturated rings. The molecule has 1 aromatic heterocycles. The molecule has 4 heterocycles. The van der Waals surface area contributed by atoms with E-state index < -0.39 is 41.2 Å². The first-order valence-corrected chi connectivity index (χ1v) is 14.0. The number of hydrogen-bond donors (Lipinski definition) is 0. The first-order chi connectivity index (χ1) is 19.8. The predicted molar refractivity (Wildman–Crippen MR) is 145 cm³/mol. The summed E-state index contributed by atoms with van der Waals surface area (Å²) in [5, 5.41) is 0.503. The number of likely N-dealkylation sites (tertiary alicyclic amines) is 1. The Morgan fingerprint density at radius 1 is 1.17 bits per heavy atom. The lowest BCUT2D eigenvalue weighted by Gasteiger charge is -2.37. The molecule has 0 aliphatic carbocycles. The highest BCUT2D eigenvalue weighted by molar-refractivity contribution is 5.87. The highest BCUT2D eigenvalue weighted by Crippen LogP contribution is 2.48. The second kappa shape index (κ2) is 11.4. The Morgan fingerprint density at radius 2 is 1.90 bits per heavy atom. The number of benzene rings is 1. The summed E-state index contributed by atoms with van der Waals surface area (Å²) in [6.07, 6.45) is -5.13. The number of methoxy groups -OCH3 is 1. The zero-order valence-electron chi connectivity index (χ0n) is 24.2. The topological polar surface area (TPSA) is 99.7 Å². The number of alkyl halides is 3. The first-order valence-electron chi connectivity index (χ1n) is 14.0. The average Bonchev–Trinajstić information content (AvgIpc) is 3.30. The highest BCUT2D eigenvalue weighted by Gasteiger charge is 2.55. The van der Waals surface area contributed by atoms with Crippen LogP contribution in [0.2, 0.25) is 0 Å². The fourth-order valence-electron chi connectivity index (χ4n) is 5.73. The number of aryl methyl sites for hydroxylation is 1. The Morgan fingerprint density at radius 3 is 2.57 bits per heavy atom. The number of fused-ring (bicyclic) bond motifs is 3. The second-order valence-corrected chi connectivity index (χ2v) is 11.9. The molecule has 0 bridgehead atoms. The van der Waals surface area contributed by atoms with Crippen molar-refractivity contribution in [3.8, 4) is 11.5 Å². The third kappa shape index (κ3) is 6.36. The van der Waals surface area contributed by atoms with Crippen molar-refractivity contribution in [2.75, 3.05) is 53.1 Å². The van der Waals surface area contributed by atoms with Gasteiger partial charge in [-0.25, -0.2) is 14.6 Å². The van der Waals surface area contributed by atoms with Gasteiger partial charge in [0.15, 0.2) is 11.4 Å². The maximum Gasteiger partial charge on any atom is 0.437 e. The number of rotatable bonds is 5. The minimum absolute atomic E-state index is 0.0433. The van der Waals surface area contributed by atoms with Gasteiger partial charge in [-0.3, -0.25) is 9.80 Å². The smallest absolute Gasteiger partial charge is 0.437 e. The number of carbonyl (C=O) groups is 2. The van der Waals surface area contributed by atoms with Gasteiger partial charge in [-0.15, -0.1) is 0 Å². The molecule has 13 heteroatoms. The molecule has 1 spiro atoms. The number of ether oxygens (including phenoxy) is 5. The normalized spacial score (nSPS) is 23.0. The summed E-state index contributed by atoms with van der Waals surface area (Å²) < 4.78 is 70.8. The van der Waals surface area contributed by atoms with Crippen molar-refractivity contribution in [3.05, 3.63) is 29.5 Å². The second-order valence-electron chi connectivity index (χ2n) is 11.9. The van der Waals surface area contributed by atoms with Crippen molar-refractivity contribution < 1.29 is 46.4 Å². The molecule has 1 amide bonds. The first kappa shape index (κ1) is 30.1. The number of pyridine rings is 1. The standard InChI is InChI=1S/C29H36F3N3O7/c1-27(2,3)42-26(37)35-17-28(16-22(35)25(36)38-4)8-7-19-20-15-18(40-14-11-34-9-12-39-13-10-34)5-6-21(20)33-24(23(19)41-28)29(30,31)32/h5-6,15,22H,7-14,16-17H2,1-4H3. The Labute approximate surface area is 242 Å². The Balaban J connectivity index is 1.45. The molecule has 3 aliphatic heterocycles. The van der Waals surface area contributed by atoms with E-state index in [9.17, 15) is 22.8 Å². The summed E-state index contributed by atoms with van der Waals surface area (Å²) in [5.41, 5.74) is -2.71. The maximum absolute atomic E-state index is 14.3. The van der Waals surface area contributed by atoms with Crippen molar-refractivity contribution in [2.24, 2.45) is 0 Å². The molecule has 2 saturated heterocycles. The lowest BCUT2D eigenvalue weighted by Crippen LogP contribution is -2.46. The van der Waals surface area contributed by atoms with Crippen LogP contribution >= 0.6 is 0 Å². The number of aromatic nitrogens is 1. The molecule has 5 rings (SSSR count). The monoisotopic (exact) mass is 595 g/mol. The molecule has 42 heavy (non-hydrogen) atoms. The molecule has 1 aromatic carbocycles. The number of amides is 1. The van der Waals surface area contributed by atoms with E-state index in [0.717, 1.165) is 13.1 Å². The number of esters is 1. The van der Waals surface area contributed by atoms with E-state index in [-0.39, 0.29) is 37.1 Å². The molecule has 3 aliphatic rings. The Hall–Kier alpha value is -3.32. The fraction of sp³-hybridized carbons (Fsp3) is 0.621. The van der Waals surface area contributed by atoms with Crippen molar-refractivity contribution >= 4 is 23.0 Å². The van der Waals surface area contributed by atoms with Crippen molar-refractivity contribution in [3.63, 3.8) is 0 Å². The van der Waals surface area contributed by atoms with E-state index in [0.29, 0.717) is 43.1 Å². The highest BCUT2D eigenvalue weighted by atomic mass is 19.4. The van der Waals surface area contributed by atoms with Gasteiger partial charge in [-0.1, -0.05) is 0 Å². The van der Waals surface area contributed by atoms with Gasteiger partial charge in [-0.2, -0.15) is 13.2 Å². The van der Waals surface area contributed by atoms with Gasteiger partial charge in [0, 0.05) is 37.0 Å². The number of hydrogen-bond acceptors (Lipinski definition) is 9. The molecule has 0 saturated carbocycles. The van der Waals surface area contributed by atoms with Crippen LogP contribution in [0.4, 0.5) is 18.0 Å². The van der Waals surface area contributed by atoms with Gasteiger partial charge in [-0.05, 0) is 51.8 Å². The van der Waals surface area contributed by atoms with Crippen LogP contribution in [-0.2, 0) is 31.6 Å².